The van der Waals surface area contributed by atoms with Crippen LogP contribution in [0.3, 0.4) is 0 Å². The van der Waals surface area contributed by atoms with E-state index in [1.54, 1.807) is 15.9 Å². The summed E-state index contributed by atoms with van der Waals surface area (Å²) in [4.78, 5) is 28.2. The lowest BCUT2D eigenvalue weighted by molar-refractivity contribution is -0.133. The van der Waals surface area contributed by atoms with E-state index in [-0.39, 0.29) is 24.3 Å². The van der Waals surface area contributed by atoms with Crippen molar-refractivity contribution in [2.45, 2.75) is 12.5 Å². The Labute approximate surface area is 140 Å². The van der Waals surface area contributed by atoms with Crippen molar-refractivity contribution in [1.82, 2.24) is 9.80 Å². The molecule has 6 nitrogen and oxygen atoms in total. The molecule has 0 saturated carbocycles. The van der Waals surface area contributed by atoms with Crippen molar-refractivity contribution >= 4 is 11.8 Å². The standard InChI is InChI=1S/C18H21N3O3/c19-16(14-4-2-1-3-5-14)12-17(22)20-7-9-21(10-8-20)18(23)15-6-11-24-13-15/h1-6,11,13,16H,7-10,12,19H2/t16-/m0/s1. The highest BCUT2D eigenvalue weighted by atomic mass is 16.3. The van der Waals surface area contributed by atoms with Crippen molar-refractivity contribution in [3.63, 3.8) is 0 Å². The summed E-state index contributed by atoms with van der Waals surface area (Å²) in [6.45, 7) is 2.11. The Hall–Kier alpha value is -2.60. The molecule has 1 aliphatic rings. The summed E-state index contributed by atoms with van der Waals surface area (Å²) >= 11 is 0. The molecule has 24 heavy (non-hydrogen) atoms. The fourth-order valence-corrected chi connectivity index (χ4v) is 2.86. The average Bonchev–Trinajstić information content (AvgIpc) is 3.16. The lowest BCUT2D eigenvalue weighted by Gasteiger charge is -2.35. The second-order valence-corrected chi connectivity index (χ2v) is 5.91. The number of furan rings is 1. The van der Waals surface area contributed by atoms with E-state index in [4.69, 9.17) is 10.2 Å². The largest absolute Gasteiger partial charge is 0.472 e. The van der Waals surface area contributed by atoms with Gasteiger partial charge >= 0.3 is 0 Å². The molecule has 1 aromatic carbocycles. The van der Waals surface area contributed by atoms with E-state index in [9.17, 15) is 9.59 Å². The number of hydrogen-bond acceptors (Lipinski definition) is 4. The minimum absolute atomic E-state index is 0.0294. The number of rotatable bonds is 4. The Morgan fingerprint density at radius 2 is 1.71 bits per heavy atom. The van der Waals surface area contributed by atoms with Gasteiger partial charge in [0.05, 0.1) is 11.8 Å². The molecule has 2 amide bonds. The van der Waals surface area contributed by atoms with E-state index in [2.05, 4.69) is 0 Å². The Bertz CT molecular complexity index is 677. The molecule has 1 fully saturated rings. The zero-order valence-electron chi connectivity index (χ0n) is 13.4. The van der Waals surface area contributed by atoms with Crippen LogP contribution in [0.4, 0.5) is 0 Å². The molecule has 1 aromatic heterocycles. The van der Waals surface area contributed by atoms with E-state index >= 15 is 0 Å². The highest BCUT2D eigenvalue weighted by Crippen LogP contribution is 2.16. The first-order chi connectivity index (χ1) is 11.6. The van der Waals surface area contributed by atoms with Gasteiger partial charge in [-0.1, -0.05) is 30.3 Å². The highest BCUT2D eigenvalue weighted by Gasteiger charge is 2.26. The fraction of sp³-hybridized carbons (Fsp3) is 0.333. The molecule has 6 heteroatoms. The Morgan fingerprint density at radius 1 is 1.04 bits per heavy atom. The number of amides is 2. The van der Waals surface area contributed by atoms with Gasteiger partial charge in [-0.2, -0.15) is 0 Å². The van der Waals surface area contributed by atoms with Crippen LogP contribution in [-0.4, -0.2) is 47.8 Å². The van der Waals surface area contributed by atoms with Gasteiger partial charge in [-0.15, -0.1) is 0 Å². The Balaban J connectivity index is 1.51. The van der Waals surface area contributed by atoms with Crippen LogP contribution in [0.2, 0.25) is 0 Å². The molecule has 1 saturated heterocycles. The second kappa shape index (κ2) is 7.31. The van der Waals surface area contributed by atoms with Gasteiger partial charge in [0.1, 0.15) is 6.26 Å². The maximum atomic E-state index is 12.4. The zero-order valence-corrected chi connectivity index (χ0v) is 13.4. The maximum Gasteiger partial charge on any atom is 0.257 e. The van der Waals surface area contributed by atoms with Crippen LogP contribution in [-0.2, 0) is 4.79 Å². The van der Waals surface area contributed by atoms with Crippen molar-refractivity contribution in [3.8, 4) is 0 Å². The van der Waals surface area contributed by atoms with E-state index in [1.165, 1.54) is 12.5 Å². The van der Waals surface area contributed by atoms with Crippen LogP contribution in [0.1, 0.15) is 28.4 Å². The number of hydrogen-bond donors (Lipinski definition) is 1. The van der Waals surface area contributed by atoms with Crippen LogP contribution < -0.4 is 5.73 Å². The number of carbonyl (C=O) groups is 2. The average molecular weight is 327 g/mol. The van der Waals surface area contributed by atoms with Crippen molar-refractivity contribution in [2.75, 3.05) is 26.2 Å². The van der Waals surface area contributed by atoms with Gasteiger partial charge in [0.15, 0.2) is 0 Å². The van der Waals surface area contributed by atoms with E-state index in [0.29, 0.717) is 31.7 Å². The zero-order chi connectivity index (χ0) is 16.9. The van der Waals surface area contributed by atoms with Gasteiger partial charge in [0.25, 0.3) is 5.91 Å². The molecule has 0 aliphatic carbocycles. The van der Waals surface area contributed by atoms with Crippen molar-refractivity contribution < 1.29 is 14.0 Å². The fourth-order valence-electron chi connectivity index (χ4n) is 2.86. The molecule has 2 heterocycles. The summed E-state index contributed by atoms with van der Waals surface area (Å²) in [5, 5.41) is 0. The molecule has 0 spiro atoms. The minimum atomic E-state index is -0.302. The summed E-state index contributed by atoms with van der Waals surface area (Å²) in [5.41, 5.74) is 7.62. The molecular weight excluding hydrogens is 306 g/mol. The predicted molar refractivity (Wildman–Crippen MR) is 89.2 cm³/mol. The third-order valence-electron chi connectivity index (χ3n) is 4.31. The summed E-state index contributed by atoms with van der Waals surface area (Å²) < 4.78 is 4.95. The second-order valence-electron chi connectivity index (χ2n) is 5.91. The van der Waals surface area contributed by atoms with E-state index in [1.807, 2.05) is 30.3 Å². The van der Waals surface area contributed by atoms with Crippen LogP contribution in [0.25, 0.3) is 0 Å². The summed E-state index contributed by atoms with van der Waals surface area (Å²) in [6.07, 6.45) is 3.20. The lowest BCUT2D eigenvalue weighted by Crippen LogP contribution is -2.50. The van der Waals surface area contributed by atoms with Crippen molar-refractivity contribution in [1.29, 1.82) is 0 Å². The first-order valence-electron chi connectivity index (χ1n) is 8.05. The van der Waals surface area contributed by atoms with Gasteiger partial charge in [-0.05, 0) is 11.6 Å². The predicted octanol–water partition coefficient (Wildman–Crippen LogP) is 1.65. The number of benzene rings is 1. The Morgan fingerprint density at radius 3 is 2.33 bits per heavy atom. The summed E-state index contributed by atoms with van der Waals surface area (Å²) in [7, 11) is 0. The monoisotopic (exact) mass is 327 g/mol. The molecule has 1 atom stereocenters. The SMILES string of the molecule is N[C@@H](CC(=O)N1CCN(C(=O)c2ccoc2)CC1)c1ccccc1. The molecule has 2 N–H and O–H groups in total. The van der Waals surface area contributed by atoms with E-state index in [0.717, 1.165) is 5.56 Å². The van der Waals surface area contributed by atoms with Crippen LogP contribution >= 0.6 is 0 Å². The van der Waals surface area contributed by atoms with Crippen molar-refractivity contribution in [2.24, 2.45) is 5.73 Å². The molecular formula is C18H21N3O3. The smallest absolute Gasteiger partial charge is 0.257 e. The third kappa shape index (κ3) is 3.65. The molecule has 1 aliphatic heterocycles. The minimum Gasteiger partial charge on any atom is -0.472 e. The molecule has 0 radical (unpaired) electrons. The summed E-state index contributed by atoms with van der Waals surface area (Å²) in [6, 6.07) is 11.0. The quantitative estimate of drug-likeness (QED) is 0.926. The van der Waals surface area contributed by atoms with E-state index < -0.39 is 0 Å². The first-order valence-corrected chi connectivity index (χ1v) is 8.05. The summed E-state index contributed by atoms with van der Waals surface area (Å²) in [5.74, 6) is -0.0291. The molecule has 2 aromatic rings. The van der Waals surface area contributed by atoms with Gasteiger partial charge in [0, 0.05) is 38.6 Å². The number of nitrogens with zero attached hydrogens (tertiary/aromatic N) is 2. The Kier molecular flexibility index (Phi) is 4.96. The maximum absolute atomic E-state index is 12.4. The molecule has 3 rings (SSSR count). The van der Waals surface area contributed by atoms with Crippen LogP contribution in [0.15, 0.2) is 53.3 Å². The number of nitrogens with two attached hydrogens (primary N) is 1. The first kappa shape index (κ1) is 16.3. The number of carbonyl (C=O) groups excluding carboxylic acids is 2. The van der Waals surface area contributed by atoms with Gasteiger partial charge < -0.3 is 20.0 Å². The van der Waals surface area contributed by atoms with Gasteiger partial charge in [-0.25, -0.2) is 0 Å². The van der Waals surface area contributed by atoms with Crippen LogP contribution in [0.5, 0.6) is 0 Å². The van der Waals surface area contributed by atoms with Gasteiger partial charge in [-0.3, -0.25) is 9.59 Å². The molecule has 0 unspecified atom stereocenters. The number of piperazine rings is 1. The van der Waals surface area contributed by atoms with Gasteiger partial charge in [0.2, 0.25) is 5.91 Å². The molecule has 0 bridgehead atoms. The van der Waals surface area contributed by atoms with Crippen LogP contribution in [0, 0.1) is 0 Å². The highest BCUT2D eigenvalue weighted by molar-refractivity contribution is 5.94. The molecule has 126 valence electrons. The van der Waals surface area contributed by atoms with Crippen molar-refractivity contribution in [3.05, 3.63) is 60.1 Å². The lowest BCUT2D eigenvalue weighted by atomic mass is 10.0. The third-order valence-corrected chi connectivity index (χ3v) is 4.31. The topological polar surface area (TPSA) is 79.8 Å². The normalized spacial score (nSPS) is 16.0.